The summed E-state index contributed by atoms with van der Waals surface area (Å²) in [5, 5.41) is 4.95. The second-order valence-electron chi connectivity index (χ2n) is 6.13. The maximum atomic E-state index is 4.11. The summed E-state index contributed by atoms with van der Waals surface area (Å²) in [7, 11) is 0. The Balaban J connectivity index is 1.76. The van der Waals surface area contributed by atoms with E-state index in [4.69, 9.17) is 0 Å². The smallest absolute Gasteiger partial charge is 0.0486 e. The van der Waals surface area contributed by atoms with Crippen LogP contribution in [-0.4, -0.2) is 16.1 Å². The molecular formula is C19H21N3. The Morgan fingerprint density at radius 2 is 2.05 bits per heavy atom. The molecule has 0 saturated heterocycles. The quantitative estimate of drug-likeness (QED) is 0.803. The van der Waals surface area contributed by atoms with Crippen LogP contribution in [-0.2, 0) is 25.9 Å². The first-order chi connectivity index (χ1) is 10.8. The van der Waals surface area contributed by atoms with Crippen LogP contribution in [0.5, 0.6) is 0 Å². The average molecular weight is 291 g/mol. The highest BCUT2D eigenvalue weighted by Crippen LogP contribution is 2.29. The van der Waals surface area contributed by atoms with Crippen LogP contribution in [0.1, 0.15) is 22.4 Å². The molecule has 0 spiro atoms. The van der Waals surface area contributed by atoms with E-state index in [9.17, 15) is 0 Å². The van der Waals surface area contributed by atoms with Gasteiger partial charge in [0.25, 0.3) is 0 Å². The molecule has 0 amide bonds. The minimum atomic E-state index is 0.998. The summed E-state index contributed by atoms with van der Waals surface area (Å²) in [6.45, 7) is 5.30. The molecule has 0 fully saturated rings. The van der Waals surface area contributed by atoms with Crippen molar-refractivity contribution in [1.29, 1.82) is 0 Å². The fourth-order valence-electron chi connectivity index (χ4n) is 3.54. The molecule has 0 atom stereocenters. The number of fused-ring (bicyclic) bond motifs is 3. The van der Waals surface area contributed by atoms with Crippen LogP contribution in [0.2, 0.25) is 0 Å². The van der Waals surface area contributed by atoms with Crippen molar-refractivity contribution in [1.82, 2.24) is 14.9 Å². The Hall–Kier alpha value is -2.13. The molecule has 1 aromatic carbocycles. The van der Waals surface area contributed by atoms with Crippen LogP contribution in [0.3, 0.4) is 0 Å². The van der Waals surface area contributed by atoms with Gasteiger partial charge >= 0.3 is 0 Å². The van der Waals surface area contributed by atoms with E-state index in [0.717, 1.165) is 32.5 Å². The van der Waals surface area contributed by atoms with E-state index in [1.807, 2.05) is 12.4 Å². The molecule has 0 aliphatic carbocycles. The first-order valence-electron chi connectivity index (χ1n) is 8.03. The summed E-state index contributed by atoms with van der Waals surface area (Å²) in [5.41, 5.74) is 7.10. The van der Waals surface area contributed by atoms with Crippen LogP contribution >= 0.6 is 0 Å². The molecule has 3 heteroatoms. The maximum Gasteiger partial charge on any atom is 0.0486 e. The predicted molar refractivity (Wildman–Crippen MR) is 90.0 cm³/mol. The Labute approximate surface area is 131 Å². The molecule has 1 aliphatic rings. The summed E-state index contributed by atoms with van der Waals surface area (Å²) in [6.07, 6.45) is 5.94. The zero-order valence-corrected chi connectivity index (χ0v) is 13.0. The summed E-state index contributed by atoms with van der Waals surface area (Å²) < 4.78 is 2.53. The van der Waals surface area contributed by atoms with Gasteiger partial charge in [-0.05, 0) is 48.7 Å². The summed E-state index contributed by atoms with van der Waals surface area (Å²) in [6, 6.07) is 11.1. The number of pyridine rings is 1. The Kier molecular flexibility index (Phi) is 3.43. The van der Waals surface area contributed by atoms with Crippen molar-refractivity contribution in [3.63, 3.8) is 0 Å². The third-order valence-corrected chi connectivity index (χ3v) is 4.66. The Morgan fingerprint density at radius 3 is 2.91 bits per heavy atom. The fourth-order valence-corrected chi connectivity index (χ4v) is 3.54. The zero-order valence-electron chi connectivity index (χ0n) is 13.0. The highest BCUT2D eigenvalue weighted by molar-refractivity contribution is 5.86. The van der Waals surface area contributed by atoms with Gasteiger partial charge in [-0.1, -0.05) is 11.6 Å². The highest BCUT2D eigenvalue weighted by Gasteiger charge is 2.19. The number of rotatable bonds is 3. The van der Waals surface area contributed by atoms with Crippen molar-refractivity contribution in [2.45, 2.75) is 32.9 Å². The second kappa shape index (κ2) is 5.58. The predicted octanol–water partition coefficient (Wildman–Crippen LogP) is 3.23. The molecular weight excluding hydrogens is 270 g/mol. The normalized spacial score (nSPS) is 14.2. The van der Waals surface area contributed by atoms with Crippen molar-refractivity contribution in [3.05, 3.63) is 65.1 Å². The van der Waals surface area contributed by atoms with Gasteiger partial charge in [0.15, 0.2) is 0 Å². The van der Waals surface area contributed by atoms with Crippen molar-refractivity contribution in [3.8, 4) is 0 Å². The maximum absolute atomic E-state index is 4.11. The van der Waals surface area contributed by atoms with Crippen molar-refractivity contribution < 1.29 is 0 Å². The van der Waals surface area contributed by atoms with Gasteiger partial charge in [0.1, 0.15) is 0 Å². The van der Waals surface area contributed by atoms with Crippen LogP contribution in [0.25, 0.3) is 10.9 Å². The van der Waals surface area contributed by atoms with Gasteiger partial charge in [0, 0.05) is 55.0 Å². The van der Waals surface area contributed by atoms with Crippen molar-refractivity contribution in [2.24, 2.45) is 0 Å². The van der Waals surface area contributed by atoms with Gasteiger partial charge < -0.3 is 9.88 Å². The van der Waals surface area contributed by atoms with E-state index < -0.39 is 0 Å². The number of nitrogens with one attached hydrogen (secondary N) is 1. The highest BCUT2D eigenvalue weighted by atomic mass is 15.0. The zero-order chi connectivity index (χ0) is 14.9. The molecule has 1 aliphatic heterocycles. The van der Waals surface area contributed by atoms with Gasteiger partial charge in [-0.2, -0.15) is 0 Å². The van der Waals surface area contributed by atoms with E-state index in [2.05, 4.69) is 52.1 Å². The first-order valence-corrected chi connectivity index (χ1v) is 8.03. The standard InChI is InChI=1S/C19H21N3/c1-14-2-3-18-16(12-14)17-13-21-10-6-19(17)22(18)11-7-15-4-8-20-9-5-15/h2-5,8-9,12,21H,6-7,10-11,13H2,1H3. The van der Waals surface area contributed by atoms with E-state index in [0.29, 0.717) is 0 Å². The number of hydrogen-bond donors (Lipinski definition) is 1. The van der Waals surface area contributed by atoms with Crippen molar-refractivity contribution >= 4 is 10.9 Å². The topological polar surface area (TPSA) is 29.9 Å². The minimum Gasteiger partial charge on any atom is -0.344 e. The number of benzene rings is 1. The molecule has 3 heterocycles. The fraction of sp³-hybridized carbons (Fsp3) is 0.316. The number of hydrogen-bond acceptors (Lipinski definition) is 2. The lowest BCUT2D eigenvalue weighted by Crippen LogP contribution is -2.24. The molecule has 0 radical (unpaired) electrons. The van der Waals surface area contributed by atoms with Crippen LogP contribution in [0.4, 0.5) is 0 Å². The molecule has 1 N–H and O–H groups in total. The Bertz CT molecular complexity index is 802. The molecule has 3 aromatic rings. The van der Waals surface area contributed by atoms with Gasteiger partial charge in [-0.3, -0.25) is 4.98 Å². The molecule has 2 aromatic heterocycles. The van der Waals surface area contributed by atoms with E-state index in [-0.39, 0.29) is 0 Å². The van der Waals surface area contributed by atoms with E-state index in [1.165, 1.54) is 33.3 Å². The van der Waals surface area contributed by atoms with Gasteiger partial charge in [0.2, 0.25) is 0 Å². The summed E-state index contributed by atoms with van der Waals surface area (Å²) in [5.74, 6) is 0. The third kappa shape index (κ3) is 2.32. The van der Waals surface area contributed by atoms with E-state index in [1.54, 1.807) is 0 Å². The number of aromatic nitrogens is 2. The monoisotopic (exact) mass is 291 g/mol. The molecule has 0 unspecified atom stereocenters. The van der Waals surface area contributed by atoms with Gasteiger partial charge in [0.05, 0.1) is 0 Å². The molecule has 112 valence electrons. The molecule has 4 rings (SSSR count). The third-order valence-electron chi connectivity index (χ3n) is 4.66. The lowest BCUT2D eigenvalue weighted by molar-refractivity contribution is 0.594. The molecule has 0 saturated carbocycles. The summed E-state index contributed by atoms with van der Waals surface area (Å²) >= 11 is 0. The SMILES string of the molecule is Cc1ccc2c(c1)c1c(n2CCc2ccncc2)CCNC1. The minimum absolute atomic E-state index is 0.998. The van der Waals surface area contributed by atoms with Crippen molar-refractivity contribution in [2.75, 3.05) is 6.54 Å². The van der Waals surface area contributed by atoms with Gasteiger partial charge in [-0.25, -0.2) is 0 Å². The molecule has 0 bridgehead atoms. The molecule has 22 heavy (non-hydrogen) atoms. The second-order valence-corrected chi connectivity index (χ2v) is 6.13. The number of nitrogens with zero attached hydrogens (tertiary/aromatic N) is 2. The average Bonchev–Trinajstić information content (AvgIpc) is 2.87. The largest absolute Gasteiger partial charge is 0.344 e. The van der Waals surface area contributed by atoms with Gasteiger partial charge in [-0.15, -0.1) is 0 Å². The van der Waals surface area contributed by atoms with E-state index >= 15 is 0 Å². The first kappa shape index (κ1) is 13.5. The lowest BCUT2D eigenvalue weighted by atomic mass is 10.0. The van der Waals surface area contributed by atoms with Crippen LogP contribution in [0.15, 0.2) is 42.7 Å². The lowest BCUT2D eigenvalue weighted by Gasteiger charge is -2.17. The number of aryl methyl sites for hydroxylation is 3. The molecule has 3 nitrogen and oxygen atoms in total. The summed E-state index contributed by atoms with van der Waals surface area (Å²) in [4.78, 5) is 4.11. The van der Waals surface area contributed by atoms with Crippen LogP contribution in [0, 0.1) is 6.92 Å². The Morgan fingerprint density at radius 1 is 1.18 bits per heavy atom. The van der Waals surface area contributed by atoms with Crippen LogP contribution < -0.4 is 5.32 Å².